The Hall–Kier alpha value is -2.51. The maximum absolute atomic E-state index is 12.8. The minimum absolute atomic E-state index is 0.0283. The summed E-state index contributed by atoms with van der Waals surface area (Å²) in [7, 11) is 0. The molecule has 2 heterocycles. The van der Waals surface area contributed by atoms with E-state index in [1.807, 2.05) is 24.3 Å². The molecule has 0 bridgehead atoms. The zero-order valence-corrected chi connectivity index (χ0v) is 23.9. The summed E-state index contributed by atoms with van der Waals surface area (Å²) in [6.45, 7) is 4.19. The van der Waals surface area contributed by atoms with E-state index in [4.69, 9.17) is 13.9 Å². The number of ether oxygens (including phenoxy) is 2. The van der Waals surface area contributed by atoms with Crippen molar-refractivity contribution in [2.75, 3.05) is 19.8 Å². The van der Waals surface area contributed by atoms with Crippen molar-refractivity contribution in [3.63, 3.8) is 0 Å². The predicted molar refractivity (Wildman–Crippen MR) is 155 cm³/mol. The quantitative estimate of drug-likeness (QED) is 0.150. The van der Waals surface area contributed by atoms with Gasteiger partial charge in [-0.1, -0.05) is 90.0 Å². The van der Waals surface area contributed by atoms with Crippen LogP contribution in [0.15, 0.2) is 41.0 Å². The minimum Gasteiger partial charge on any atom is -0.486 e. The second kappa shape index (κ2) is 18.7. The third-order valence-corrected chi connectivity index (χ3v) is 7.39. The Bertz CT molecular complexity index is 917. The number of furan rings is 1. The van der Waals surface area contributed by atoms with Crippen molar-refractivity contribution in [2.24, 2.45) is 0 Å². The Balaban J connectivity index is 1.36. The first-order chi connectivity index (χ1) is 19.2. The summed E-state index contributed by atoms with van der Waals surface area (Å²) in [5, 5.41) is 17.6. The number of fused-ring (bicyclic) bond motifs is 1. The molecule has 2 aromatic rings. The van der Waals surface area contributed by atoms with E-state index in [1.54, 1.807) is 12.3 Å². The van der Waals surface area contributed by atoms with E-state index in [9.17, 15) is 9.90 Å². The van der Waals surface area contributed by atoms with Crippen molar-refractivity contribution in [1.29, 1.82) is 0 Å². The topological polar surface area (TPSA) is 93.0 Å². The Morgan fingerprint density at radius 1 is 0.872 bits per heavy atom. The zero-order chi connectivity index (χ0) is 27.5. The van der Waals surface area contributed by atoms with Crippen LogP contribution in [0.3, 0.4) is 0 Å². The van der Waals surface area contributed by atoms with E-state index in [2.05, 4.69) is 17.6 Å². The maximum atomic E-state index is 12.8. The zero-order valence-electron chi connectivity index (χ0n) is 23.9. The highest BCUT2D eigenvalue weighted by Crippen LogP contribution is 2.33. The molecule has 1 amide bonds. The fraction of sp³-hybridized carbons (Fsp3) is 0.656. The standard InChI is InChI=1S/C32H50N2O5/c1-2-3-4-5-6-7-8-9-10-11-12-13-14-17-31(35)34-28(25-33-24-27-16-15-20-37-27)32(36)26-18-19-29-30(23-26)39-22-21-38-29/h15-16,18-20,23,28,32-33,36H,2-14,17,21-22,24-25H2,1H3,(H,34,35)/t28?,32-/m1/s1. The van der Waals surface area contributed by atoms with Gasteiger partial charge in [0.2, 0.25) is 5.91 Å². The van der Waals surface area contributed by atoms with Gasteiger partial charge in [-0.2, -0.15) is 0 Å². The smallest absolute Gasteiger partial charge is 0.220 e. The molecule has 7 heteroatoms. The summed E-state index contributed by atoms with van der Waals surface area (Å²) < 4.78 is 16.7. The van der Waals surface area contributed by atoms with Crippen molar-refractivity contribution >= 4 is 5.91 Å². The highest BCUT2D eigenvalue weighted by molar-refractivity contribution is 5.76. The lowest BCUT2D eigenvalue weighted by molar-refractivity contribution is -0.122. The van der Waals surface area contributed by atoms with E-state index < -0.39 is 12.1 Å². The van der Waals surface area contributed by atoms with Crippen molar-refractivity contribution in [1.82, 2.24) is 10.6 Å². The van der Waals surface area contributed by atoms with Crippen molar-refractivity contribution in [3.05, 3.63) is 47.9 Å². The third-order valence-electron chi connectivity index (χ3n) is 7.39. The number of nitrogens with one attached hydrogen (secondary N) is 2. The summed E-state index contributed by atoms with van der Waals surface area (Å²) in [5.74, 6) is 2.08. The summed E-state index contributed by atoms with van der Waals surface area (Å²) in [6.07, 6.45) is 17.8. The number of carbonyl (C=O) groups is 1. The molecule has 1 aliphatic rings. The van der Waals surface area contributed by atoms with Gasteiger partial charge in [-0.3, -0.25) is 4.79 Å². The lowest BCUT2D eigenvalue weighted by atomic mass is 10.0. The van der Waals surface area contributed by atoms with Crippen LogP contribution < -0.4 is 20.1 Å². The minimum atomic E-state index is -0.888. The monoisotopic (exact) mass is 542 g/mol. The van der Waals surface area contributed by atoms with Gasteiger partial charge >= 0.3 is 0 Å². The summed E-state index contributed by atoms with van der Waals surface area (Å²) in [4.78, 5) is 12.8. The van der Waals surface area contributed by atoms with Gasteiger partial charge in [0.05, 0.1) is 18.8 Å². The largest absolute Gasteiger partial charge is 0.486 e. The second-order valence-corrected chi connectivity index (χ2v) is 10.7. The van der Waals surface area contributed by atoms with Gasteiger partial charge in [0.1, 0.15) is 25.1 Å². The highest BCUT2D eigenvalue weighted by atomic mass is 16.6. The van der Waals surface area contributed by atoms with Crippen molar-refractivity contribution in [3.8, 4) is 11.5 Å². The van der Waals surface area contributed by atoms with Crippen molar-refractivity contribution in [2.45, 2.75) is 116 Å². The normalized spacial score (nSPS) is 14.2. The van der Waals surface area contributed by atoms with Crippen LogP contribution in [0.2, 0.25) is 0 Å². The molecule has 0 radical (unpaired) electrons. The van der Waals surface area contributed by atoms with E-state index in [0.717, 1.165) is 18.6 Å². The molecule has 0 saturated carbocycles. The van der Waals surface area contributed by atoms with E-state index in [1.165, 1.54) is 70.6 Å². The molecular weight excluding hydrogens is 492 g/mol. The third kappa shape index (κ3) is 12.0. The molecule has 218 valence electrons. The number of rotatable bonds is 21. The number of hydrogen-bond acceptors (Lipinski definition) is 6. The fourth-order valence-electron chi connectivity index (χ4n) is 5.06. The van der Waals surface area contributed by atoms with Gasteiger partial charge in [-0.25, -0.2) is 0 Å². The first-order valence-electron chi connectivity index (χ1n) is 15.3. The first kappa shape index (κ1) is 31.0. The number of benzene rings is 1. The molecule has 1 aliphatic heterocycles. The molecule has 7 nitrogen and oxygen atoms in total. The van der Waals surface area contributed by atoms with Gasteiger partial charge in [-0.05, 0) is 36.2 Å². The van der Waals surface area contributed by atoms with Gasteiger partial charge in [-0.15, -0.1) is 0 Å². The second-order valence-electron chi connectivity index (χ2n) is 10.7. The molecule has 0 spiro atoms. The predicted octanol–water partition coefficient (Wildman–Crippen LogP) is 6.84. The molecule has 2 atom stereocenters. The van der Waals surface area contributed by atoms with Crippen molar-refractivity contribution < 1.29 is 23.8 Å². The maximum Gasteiger partial charge on any atom is 0.220 e. The Labute approximate surface area is 235 Å². The fourth-order valence-corrected chi connectivity index (χ4v) is 5.06. The van der Waals surface area contributed by atoms with Crippen LogP contribution in [0.4, 0.5) is 0 Å². The van der Waals surface area contributed by atoms with Crippen LogP contribution in [-0.2, 0) is 11.3 Å². The Morgan fingerprint density at radius 3 is 2.15 bits per heavy atom. The van der Waals surface area contributed by atoms with E-state index in [-0.39, 0.29) is 5.91 Å². The first-order valence-corrected chi connectivity index (χ1v) is 15.3. The van der Waals surface area contributed by atoms with E-state index >= 15 is 0 Å². The molecule has 1 aromatic heterocycles. The Kier molecular flexibility index (Phi) is 14.9. The SMILES string of the molecule is CCCCCCCCCCCCCCCC(=O)NC(CNCc1ccco1)[C@H](O)c1ccc2c(c1)OCCO2. The molecule has 0 saturated heterocycles. The van der Waals surface area contributed by atoms with Crippen LogP contribution in [0.1, 0.15) is 114 Å². The molecule has 1 aromatic carbocycles. The average molecular weight is 543 g/mol. The van der Waals surface area contributed by atoms with E-state index in [0.29, 0.717) is 49.8 Å². The Morgan fingerprint density at radius 2 is 1.51 bits per heavy atom. The number of aliphatic hydroxyl groups excluding tert-OH is 1. The van der Waals surface area contributed by atoms with Gasteiger partial charge in [0.25, 0.3) is 0 Å². The highest BCUT2D eigenvalue weighted by Gasteiger charge is 2.24. The van der Waals surface area contributed by atoms with Gasteiger partial charge in [0, 0.05) is 13.0 Å². The average Bonchev–Trinajstić information content (AvgIpc) is 3.48. The van der Waals surface area contributed by atoms with Crippen LogP contribution >= 0.6 is 0 Å². The lowest BCUT2D eigenvalue weighted by Crippen LogP contribution is -2.45. The molecular formula is C32H50N2O5. The molecule has 0 aliphatic carbocycles. The van der Waals surface area contributed by atoms with Crippen LogP contribution in [0.25, 0.3) is 0 Å². The van der Waals surface area contributed by atoms with Crippen LogP contribution in [0, 0.1) is 0 Å². The van der Waals surface area contributed by atoms with Crippen LogP contribution in [0.5, 0.6) is 11.5 Å². The number of carbonyl (C=O) groups excluding carboxylic acids is 1. The van der Waals surface area contributed by atoms with Gasteiger partial charge < -0.3 is 29.6 Å². The summed E-state index contributed by atoms with van der Waals surface area (Å²) in [5.41, 5.74) is 0.685. The molecule has 0 fully saturated rings. The molecule has 39 heavy (non-hydrogen) atoms. The molecule has 3 N–H and O–H groups in total. The number of amides is 1. The molecule has 3 rings (SSSR count). The molecule has 1 unspecified atom stereocenters. The number of aliphatic hydroxyl groups is 1. The summed E-state index contributed by atoms with van der Waals surface area (Å²) in [6, 6.07) is 8.70. The van der Waals surface area contributed by atoms with Crippen LogP contribution in [-0.4, -0.2) is 36.8 Å². The lowest BCUT2D eigenvalue weighted by Gasteiger charge is -2.26. The number of unbranched alkanes of at least 4 members (excludes halogenated alkanes) is 12. The summed E-state index contributed by atoms with van der Waals surface area (Å²) >= 11 is 0. The van der Waals surface area contributed by atoms with Gasteiger partial charge in [0.15, 0.2) is 11.5 Å². The number of hydrogen-bond donors (Lipinski definition) is 3.